The van der Waals surface area contributed by atoms with Crippen LogP contribution >= 0.6 is 22.6 Å². The Labute approximate surface area is 69.2 Å². The van der Waals surface area contributed by atoms with Crippen molar-refractivity contribution in [3.05, 3.63) is 0 Å². The predicted molar refractivity (Wildman–Crippen MR) is 45.9 cm³/mol. The summed E-state index contributed by atoms with van der Waals surface area (Å²) in [6.07, 6.45) is 2.68. The maximum absolute atomic E-state index is 8.42. The maximum atomic E-state index is 8.42. The minimum atomic E-state index is 0.257. The van der Waals surface area contributed by atoms with Crippen LogP contribution in [0.2, 0.25) is 0 Å². The van der Waals surface area contributed by atoms with E-state index in [0.717, 1.165) is 13.1 Å². The Balaban J connectivity index is 1.92. The average molecular weight is 241 g/mol. The van der Waals surface area contributed by atoms with E-state index in [-0.39, 0.29) is 6.61 Å². The molecule has 3 heteroatoms. The van der Waals surface area contributed by atoms with E-state index in [2.05, 4.69) is 27.9 Å². The molecule has 2 nitrogen and oxygen atoms in total. The lowest BCUT2D eigenvalue weighted by Crippen LogP contribution is -2.26. The molecule has 0 radical (unpaired) electrons. The van der Waals surface area contributed by atoms with Gasteiger partial charge in [0.1, 0.15) is 0 Å². The number of aliphatic hydroxyl groups is 1. The molecular formula is C6H12INO. The van der Waals surface area contributed by atoms with E-state index >= 15 is 0 Å². The van der Waals surface area contributed by atoms with Gasteiger partial charge >= 0.3 is 0 Å². The minimum Gasteiger partial charge on any atom is -0.395 e. The molecule has 0 aromatic heterocycles. The molecule has 0 aliphatic heterocycles. The van der Waals surface area contributed by atoms with Crippen LogP contribution in [-0.4, -0.2) is 28.2 Å². The fraction of sp³-hybridized carbons (Fsp3) is 1.00. The molecule has 0 aromatic rings. The number of alkyl halides is 1. The van der Waals surface area contributed by atoms with Crippen molar-refractivity contribution in [1.29, 1.82) is 0 Å². The molecule has 0 spiro atoms. The van der Waals surface area contributed by atoms with Crippen molar-refractivity contribution in [3.8, 4) is 0 Å². The first kappa shape index (κ1) is 7.75. The van der Waals surface area contributed by atoms with Gasteiger partial charge in [0, 0.05) is 16.5 Å². The second-order valence-electron chi connectivity index (χ2n) is 2.55. The predicted octanol–water partition coefficient (Wildman–Crippen LogP) is 0.536. The Morgan fingerprint density at radius 2 is 2.22 bits per heavy atom. The quantitative estimate of drug-likeness (QED) is 0.427. The number of hydrogen-bond acceptors (Lipinski definition) is 2. The average Bonchev–Trinajstić information content (AvgIpc) is 2.50. The second-order valence-corrected chi connectivity index (χ2v) is 4.84. The zero-order chi connectivity index (χ0) is 6.74. The summed E-state index contributed by atoms with van der Waals surface area (Å²) in [5, 5.41) is 11.6. The van der Waals surface area contributed by atoms with Crippen molar-refractivity contribution in [1.82, 2.24) is 5.32 Å². The second kappa shape index (κ2) is 3.16. The molecule has 1 saturated carbocycles. The van der Waals surface area contributed by atoms with Crippen molar-refractivity contribution >= 4 is 22.6 Å². The molecule has 1 fully saturated rings. The molecule has 9 heavy (non-hydrogen) atoms. The van der Waals surface area contributed by atoms with Crippen LogP contribution in [0, 0.1) is 0 Å². The lowest BCUT2D eigenvalue weighted by atomic mass is 10.4. The van der Waals surface area contributed by atoms with Gasteiger partial charge in [0.05, 0.1) is 6.61 Å². The molecule has 0 bridgehead atoms. The van der Waals surface area contributed by atoms with Gasteiger partial charge in [0.2, 0.25) is 0 Å². The topological polar surface area (TPSA) is 32.3 Å². The van der Waals surface area contributed by atoms with Crippen LogP contribution < -0.4 is 5.32 Å². The monoisotopic (exact) mass is 241 g/mol. The third-order valence-electron chi connectivity index (χ3n) is 1.52. The molecule has 0 heterocycles. The number of aliphatic hydroxyl groups excluding tert-OH is 1. The third-order valence-corrected chi connectivity index (χ3v) is 2.98. The van der Waals surface area contributed by atoms with E-state index in [1.165, 1.54) is 12.8 Å². The summed E-state index contributed by atoms with van der Waals surface area (Å²) in [5.41, 5.74) is 0. The highest BCUT2D eigenvalue weighted by Gasteiger charge is 2.38. The normalized spacial score (nSPS) is 22.0. The van der Waals surface area contributed by atoms with E-state index in [0.29, 0.717) is 3.42 Å². The van der Waals surface area contributed by atoms with Gasteiger partial charge in [-0.3, -0.25) is 0 Å². The van der Waals surface area contributed by atoms with Gasteiger partial charge in [-0.05, 0) is 12.8 Å². The molecule has 1 rings (SSSR count). The van der Waals surface area contributed by atoms with Gasteiger partial charge in [-0.1, -0.05) is 22.6 Å². The van der Waals surface area contributed by atoms with Crippen LogP contribution in [0.1, 0.15) is 12.8 Å². The van der Waals surface area contributed by atoms with E-state index < -0.39 is 0 Å². The molecule has 0 unspecified atom stereocenters. The fourth-order valence-corrected chi connectivity index (χ4v) is 1.24. The van der Waals surface area contributed by atoms with Gasteiger partial charge in [-0.25, -0.2) is 0 Å². The van der Waals surface area contributed by atoms with Crippen LogP contribution in [0.4, 0.5) is 0 Å². The number of rotatable bonds is 4. The van der Waals surface area contributed by atoms with Crippen molar-refractivity contribution in [2.75, 3.05) is 19.7 Å². The van der Waals surface area contributed by atoms with Crippen LogP contribution in [-0.2, 0) is 0 Å². The Morgan fingerprint density at radius 1 is 1.56 bits per heavy atom. The molecule has 2 N–H and O–H groups in total. The summed E-state index contributed by atoms with van der Waals surface area (Å²) in [6.45, 7) is 2.06. The number of nitrogens with one attached hydrogen (secondary N) is 1. The molecular weight excluding hydrogens is 229 g/mol. The first-order chi connectivity index (χ1) is 4.27. The maximum Gasteiger partial charge on any atom is 0.0555 e. The standard InChI is InChI=1S/C6H12INO/c7-6(1-2-6)5-8-3-4-9/h8-9H,1-5H2. The fourth-order valence-electron chi connectivity index (χ4n) is 0.704. The molecule has 0 amide bonds. The van der Waals surface area contributed by atoms with Crippen molar-refractivity contribution in [2.24, 2.45) is 0 Å². The summed E-state index contributed by atoms with van der Waals surface area (Å²) in [7, 11) is 0. The lowest BCUT2D eigenvalue weighted by molar-refractivity contribution is 0.292. The first-order valence-electron chi connectivity index (χ1n) is 3.27. The highest BCUT2D eigenvalue weighted by Crippen LogP contribution is 2.44. The third kappa shape index (κ3) is 2.82. The summed E-state index contributed by atoms with van der Waals surface area (Å²) < 4.78 is 0.549. The van der Waals surface area contributed by atoms with Crippen LogP contribution in [0.25, 0.3) is 0 Å². The molecule has 0 atom stereocenters. The van der Waals surface area contributed by atoms with Crippen molar-refractivity contribution in [2.45, 2.75) is 16.3 Å². The van der Waals surface area contributed by atoms with Gasteiger partial charge in [0.15, 0.2) is 0 Å². The Morgan fingerprint density at radius 3 is 2.67 bits per heavy atom. The summed E-state index contributed by atoms with van der Waals surface area (Å²) in [4.78, 5) is 0. The lowest BCUT2D eigenvalue weighted by Gasteiger charge is -2.05. The molecule has 1 aliphatic carbocycles. The highest BCUT2D eigenvalue weighted by atomic mass is 127. The van der Waals surface area contributed by atoms with E-state index in [4.69, 9.17) is 5.11 Å². The summed E-state index contributed by atoms with van der Waals surface area (Å²) >= 11 is 2.48. The minimum absolute atomic E-state index is 0.257. The summed E-state index contributed by atoms with van der Waals surface area (Å²) in [6, 6.07) is 0. The molecule has 0 aromatic carbocycles. The molecule has 1 aliphatic rings. The van der Waals surface area contributed by atoms with Crippen LogP contribution in [0.3, 0.4) is 0 Å². The zero-order valence-electron chi connectivity index (χ0n) is 5.36. The van der Waals surface area contributed by atoms with Gasteiger partial charge in [0.25, 0.3) is 0 Å². The number of hydrogen-bond donors (Lipinski definition) is 2. The zero-order valence-corrected chi connectivity index (χ0v) is 7.52. The molecule has 54 valence electrons. The van der Waals surface area contributed by atoms with E-state index in [1.54, 1.807) is 0 Å². The van der Waals surface area contributed by atoms with Crippen LogP contribution in [0.5, 0.6) is 0 Å². The highest BCUT2D eigenvalue weighted by molar-refractivity contribution is 14.1. The van der Waals surface area contributed by atoms with Crippen molar-refractivity contribution in [3.63, 3.8) is 0 Å². The SMILES string of the molecule is OCCNCC1(I)CC1. The first-order valence-corrected chi connectivity index (χ1v) is 4.35. The van der Waals surface area contributed by atoms with E-state index in [1.807, 2.05) is 0 Å². The van der Waals surface area contributed by atoms with Gasteiger partial charge in [-0.2, -0.15) is 0 Å². The van der Waals surface area contributed by atoms with Crippen molar-refractivity contribution < 1.29 is 5.11 Å². The Hall–Kier alpha value is 0.650. The van der Waals surface area contributed by atoms with Crippen LogP contribution in [0.15, 0.2) is 0 Å². The van der Waals surface area contributed by atoms with Gasteiger partial charge < -0.3 is 10.4 Å². The largest absolute Gasteiger partial charge is 0.395 e. The Bertz CT molecular complexity index is 93.1. The smallest absolute Gasteiger partial charge is 0.0555 e. The van der Waals surface area contributed by atoms with E-state index in [9.17, 15) is 0 Å². The molecule has 0 saturated heterocycles. The Kier molecular flexibility index (Phi) is 2.73. The van der Waals surface area contributed by atoms with Gasteiger partial charge in [-0.15, -0.1) is 0 Å². The number of halogens is 1. The summed E-state index contributed by atoms with van der Waals surface area (Å²) in [5.74, 6) is 0.